The molecule has 1 heterocycles. The summed E-state index contributed by atoms with van der Waals surface area (Å²) in [6.45, 7) is 3.20. The highest BCUT2D eigenvalue weighted by molar-refractivity contribution is 7.18. The Labute approximate surface area is 166 Å². The maximum atomic E-state index is 13.1. The average molecular weight is 420 g/mol. The monoisotopic (exact) mass is 419 g/mol. The molecule has 1 aromatic carbocycles. The Morgan fingerprint density at radius 1 is 1.19 bits per heavy atom. The Balaban J connectivity index is 0.00000338. The second kappa shape index (κ2) is 10.5. The maximum absolute atomic E-state index is 13.1. The topological polar surface area (TPSA) is 70.2 Å². The van der Waals surface area contributed by atoms with E-state index in [1.54, 1.807) is 13.0 Å². The summed E-state index contributed by atoms with van der Waals surface area (Å²) in [6.07, 6.45) is 0.833. The first kappa shape index (κ1) is 22.4. The predicted molar refractivity (Wildman–Crippen MR) is 107 cm³/mol. The minimum atomic E-state index is -0.509. The van der Waals surface area contributed by atoms with E-state index >= 15 is 0 Å². The fraction of sp³-hybridized carbons (Fsp3) is 0.294. The highest BCUT2D eigenvalue weighted by Gasteiger charge is 2.16. The Bertz CT molecular complexity index is 783. The summed E-state index contributed by atoms with van der Waals surface area (Å²) in [5, 5.41) is 9.12. The second-order valence-corrected chi connectivity index (χ2v) is 6.87. The first-order valence-corrected chi connectivity index (χ1v) is 8.91. The molecular formula is C17H20Cl2FN3O2S. The number of rotatable bonds is 7. The third-order valence-corrected chi connectivity index (χ3v) is 4.89. The maximum Gasteiger partial charge on any atom is 0.261 e. The van der Waals surface area contributed by atoms with E-state index in [-0.39, 0.29) is 28.9 Å². The summed E-state index contributed by atoms with van der Waals surface area (Å²) in [4.78, 5) is 25.0. The summed E-state index contributed by atoms with van der Waals surface area (Å²) >= 11 is 7.08. The Hall–Kier alpha value is -1.67. The van der Waals surface area contributed by atoms with Crippen LogP contribution in [0.4, 0.5) is 9.39 Å². The summed E-state index contributed by atoms with van der Waals surface area (Å²) in [6, 6.07) is 5.30. The van der Waals surface area contributed by atoms with Gasteiger partial charge in [0, 0.05) is 6.54 Å². The molecule has 0 spiro atoms. The normalized spacial score (nSPS) is 10.2. The van der Waals surface area contributed by atoms with Crippen LogP contribution in [-0.4, -0.2) is 32.0 Å². The molecule has 3 N–H and O–H groups in total. The molecule has 9 heteroatoms. The van der Waals surface area contributed by atoms with Gasteiger partial charge in [-0.3, -0.25) is 9.59 Å². The summed E-state index contributed by atoms with van der Waals surface area (Å²) in [7, 11) is 1.85. The first-order valence-electron chi connectivity index (χ1n) is 7.72. The van der Waals surface area contributed by atoms with Crippen molar-refractivity contribution in [2.45, 2.75) is 13.3 Å². The molecule has 0 fully saturated rings. The number of hydrogen-bond donors (Lipinski definition) is 3. The highest BCUT2D eigenvalue weighted by atomic mass is 35.5. The van der Waals surface area contributed by atoms with Crippen LogP contribution in [0.3, 0.4) is 0 Å². The van der Waals surface area contributed by atoms with Gasteiger partial charge >= 0.3 is 0 Å². The first-order chi connectivity index (χ1) is 11.9. The third-order valence-electron chi connectivity index (χ3n) is 3.43. The van der Waals surface area contributed by atoms with Gasteiger partial charge in [-0.2, -0.15) is 0 Å². The van der Waals surface area contributed by atoms with Gasteiger partial charge in [0.05, 0.1) is 20.5 Å². The molecule has 0 unspecified atom stereocenters. The molecular weight excluding hydrogens is 400 g/mol. The molecule has 0 radical (unpaired) electrons. The van der Waals surface area contributed by atoms with E-state index < -0.39 is 11.7 Å². The van der Waals surface area contributed by atoms with Gasteiger partial charge in [-0.1, -0.05) is 11.6 Å². The average Bonchev–Trinajstić information content (AvgIpc) is 2.91. The zero-order chi connectivity index (χ0) is 18.4. The lowest BCUT2D eigenvalue weighted by Gasteiger charge is -2.05. The predicted octanol–water partition coefficient (Wildman–Crippen LogP) is 3.86. The van der Waals surface area contributed by atoms with Gasteiger partial charge in [0.15, 0.2) is 0 Å². The molecule has 142 valence electrons. The molecule has 5 nitrogen and oxygen atoms in total. The van der Waals surface area contributed by atoms with Gasteiger partial charge in [-0.05, 0) is 56.8 Å². The van der Waals surface area contributed by atoms with Crippen LogP contribution in [-0.2, 0) is 0 Å². The molecule has 1 aromatic heterocycles. The number of nitrogens with one attached hydrogen (secondary N) is 3. The van der Waals surface area contributed by atoms with E-state index in [4.69, 9.17) is 11.6 Å². The van der Waals surface area contributed by atoms with E-state index in [9.17, 15) is 14.0 Å². The molecule has 0 saturated carbocycles. The van der Waals surface area contributed by atoms with Gasteiger partial charge in [-0.15, -0.1) is 23.7 Å². The van der Waals surface area contributed by atoms with Crippen LogP contribution < -0.4 is 16.0 Å². The molecule has 2 rings (SSSR count). The molecule has 0 aliphatic rings. The smallest absolute Gasteiger partial charge is 0.261 e. The van der Waals surface area contributed by atoms with Crippen LogP contribution in [0.15, 0.2) is 24.3 Å². The fourth-order valence-electron chi connectivity index (χ4n) is 2.17. The van der Waals surface area contributed by atoms with Gasteiger partial charge in [0.25, 0.3) is 11.8 Å². The molecule has 2 amide bonds. The molecule has 2 aromatic rings. The fourth-order valence-corrected chi connectivity index (χ4v) is 3.41. The largest absolute Gasteiger partial charge is 0.351 e. The number of anilines is 1. The van der Waals surface area contributed by atoms with Crippen molar-refractivity contribution in [3.63, 3.8) is 0 Å². The van der Waals surface area contributed by atoms with E-state index in [0.29, 0.717) is 16.4 Å². The van der Waals surface area contributed by atoms with Crippen molar-refractivity contribution < 1.29 is 14.0 Å². The molecule has 26 heavy (non-hydrogen) atoms. The van der Waals surface area contributed by atoms with Crippen LogP contribution in [0.25, 0.3) is 0 Å². The Morgan fingerprint density at radius 2 is 1.92 bits per heavy atom. The van der Waals surface area contributed by atoms with E-state index in [0.717, 1.165) is 24.6 Å². The number of carbonyl (C=O) groups is 2. The molecule has 0 saturated heterocycles. The number of hydrogen-bond acceptors (Lipinski definition) is 4. The zero-order valence-corrected chi connectivity index (χ0v) is 16.7. The number of halogens is 3. The lowest BCUT2D eigenvalue weighted by atomic mass is 10.2. The number of thiophene rings is 1. The van der Waals surface area contributed by atoms with Crippen molar-refractivity contribution in [2.75, 3.05) is 25.5 Å². The third kappa shape index (κ3) is 5.95. The van der Waals surface area contributed by atoms with Crippen molar-refractivity contribution in [2.24, 2.45) is 0 Å². The van der Waals surface area contributed by atoms with E-state index in [1.165, 1.54) is 23.5 Å². The SMILES string of the molecule is CNCCCNC(=O)c1sc(NC(=O)c2ccc(F)cc2Cl)cc1C.Cl. The van der Waals surface area contributed by atoms with Crippen molar-refractivity contribution in [1.29, 1.82) is 0 Å². The number of carbonyl (C=O) groups excluding carboxylic acids is 2. The Morgan fingerprint density at radius 3 is 2.58 bits per heavy atom. The van der Waals surface area contributed by atoms with Gasteiger partial charge in [0.1, 0.15) is 5.82 Å². The van der Waals surface area contributed by atoms with Crippen LogP contribution in [0, 0.1) is 12.7 Å². The quantitative estimate of drug-likeness (QED) is 0.596. The van der Waals surface area contributed by atoms with Gasteiger partial charge in [0.2, 0.25) is 0 Å². The minimum absolute atomic E-state index is 0. The number of aryl methyl sites for hydroxylation is 1. The van der Waals surface area contributed by atoms with Crippen molar-refractivity contribution in [3.05, 3.63) is 51.1 Å². The van der Waals surface area contributed by atoms with Gasteiger partial charge in [-0.25, -0.2) is 4.39 Å². The minimum Gasteiger partial charge on any atom is -0.351 e. The summed E-state index contributed by atoms with van der Waals surface area (Å²) in [5.74, 6) is -1.13. The molecule has 0 aliphatic carbocycles. The van der Waals surface area contributed by atoms with E-state index in [1.807, 2.05) is 7.05 Å². The lowest BCUT2D eigenvalue weighted by molar-refractivity contribution is 0.0955. The van der Waals surface area contributed by atoms with Crippen molar-refractivity contribution >= 4 is 52.2 Å². The molecule has 0 atom stereocenters. The summed E-state index contributed by atoms with van der Waals surface area (Å²) in [5.41, 5.74) is 0.948. The molecule has 0 bridgehead atoms. The van der Waals surface area contributed by atoms with Crippen LogP contribution in [0.5, 0.6) is 0 Å². The zero-order valence-electron chi connectivity index (χ0n) is 14.3. The standard InChI is InChI=1S/C17H19ClFN3O2S.ClH/c1-10-8-14(25-15(10)17(24)21-7-3-6-20-2)22-16(23)12-5-4-11(19)9-13(12)18;/h4-5,8-9,20H,3,6-7H2,1-2H3,(H,21,24)(H,22,23);1H. The second-order valence-electron chi connectivity index (χ2n) is 5.41. The van der Waals surface area contributed by atoms with Crippen molar-refractivity contribution in [1.82, 2.24) is 10.6 Å². The highest BCUT2D eigenvalue weighted by Crippen LogP contribution is 2.28. The number of amides is 2. The lowest BCUT2D eigenvalue weighted by Crippen LogP contribution is -2.26. The van der Waals surface area contributed by atoms with Crippen LogP contribution >= 0.6 is 35.3 Å². The van der Waals surface area contributed by atoms with E-state index in [2.05, 4.69) is 16.0 Å². The van der Waals surface area contributed by atoms with Crippen molar-refractivity contribution in [3.8, 4) is 0 Å². The number of benzene rings is 1. The summed E-state index contributed by atoms with van der Waals surface area (Å²) < 4.78 is 13.1. The Kier molecular flexibility index (Phi) is 9.01. The van der Waals surface area contributed by atoms with Crippen LogP contribution in [0.1, 0.15) is 32.0 Å². The van der Waals surface area contributed by atoms with Crippen LogP contribution in [0.2, 0.25) is 5.02 Å². The van der Waals surface area contributed by atoms with Gasteiger partial charge < -0.3 is 16.0 Å². The molecule has 0 aliphatic heterocycles.